The van der Waals surface area contributed by atoms with E-state index in [0.717, 1.165) is 12.0 Å². The third-order valence-corrected chi connectivity index (χ3v) is 2.95. The minimum Gasteiger partial charge on any atom is -0.314 e. The quantitative estimate of drug-likeness (QED) is 0.880. The van der Waals surface area contributed by atoms with Gasteiger partial charge in [0.2, 0.25) is 0 Å². The number of rotatable bonds is 3. The molecule has 0 saturated heterocycles. The molecule has 0 radical (unpaired) electrons. The molecule has 1 nitrogen and oxygen atoms in total. The van der Waals surface area contributed by atoms with Crippen LogP contribution in [-0.4, -0.2) is 12.6 Å². The van der Waals surface area contributed by atoms with Crippen LogP contribution < -0.4 is 5.32 Å². The maximum absolute atomic E-state index is 13.2. The Morgan fingerprint density at radius 1 is 1.43 bits per heavy atom. The summed E-state index contributed by atoms with van der Waals surface area (Å²) in [6.07, 6.45) is 0.813. The smallest absolute Gasteiger partial charge is 0.137 e. The van der Waals surface area contributed by atoms with Crippen molar-refractivity contribution in [2.45, 2.75) is 25.8 Å². The van der Waals surface area contributed by atoms with Crippen LogP contribution in [0.4, 0.5) is 4.39 Å². The second-order valence-electron chi connectivity index (χ2n) is 4.06. The highest BCUT2D eigenvalue weighted by atomic mass is 79.9. The van der Waals surface area contributed by atoms with Crippen molar-refractivity contribution in [3.63, 3.8) is 0 Å². The van der Waals surface area contributed by atoms with Crippen LogP contribution in [0.15, 0.2) is 22.7 Å². The molecule has 0 aliphatic carbocycles. The van der Waals surface area contributed by atoms with Crippen molar-refractivity contribution in [3.8, 4) is 0 Å². The first-order chi connectivity index (χ1) is 6.44. The molecule has 0 saturated carbocycles. The predicted molar refractivity (Wildman–Crippen MR) is 60.9 cm³/mol. The lowest BCUT2D eigenvalue weighted by Gasteiger charge is -2.24. The summed E-state index contributed by atoms with van der Waals surface area (Å²) in [5.74, 6) is -0.200. The van der Waals surface area contributed by atoms with E-state index < -0.39 is 0 Å². The first kappa shape index (κ1) is 11.7. The number of halogens is 2. The van der Waals surface area contributed by atoms with Crippen molar-refractivity contribution in [1.82, 2.24) is 5.32 Å². The second-order valence-corrected chi connectivity index (χ2v) is 4.91. The maximum Gasteiger partial charge on any atom is 0.137 e. The molecule has 14 heavy (non-hydrogen) atoms. The second kappa shape index (κ2) is 4.41. The largest absolute Gasteiger partial charge is 0.314 e. The zero-order valence-electron chi connectivity index (χ0n) is 8.70. The number of nitrogens with one attached hydrogen (secondary N) is 1. The van der Waals surface area contributed by atoms with Gasteiger partial charge in [0.15, 0.2) is 0 Å². The first-order valence-corrected chi connectivity index (χ1v) is 5.37. The van der Waals surface area contributed by atoms with E-state index in [1.807, 2.05) is 13.1 Å². The minimum absolute atomic E-state index is 0.000267. The zero-order chi connectivity index (χ0) is 10.8. The van der Waals surface area contributed by atoms with E-state index in [2.05, 4.69) is 35.1 Å². The van der Waals surface area contributed by atoms with Gasteiger partial charge in [-0.15, -0.1) is 0 Å². The molecule has 0 aromatic heterocycles. The van der Waals surface area contributed by atoms with Crippen LogP contribution in [-0.2, 0) is 6.42 Å². The monoisotopic (exact) mass is 259 g/mol. The van der Waals surface area contributed by atoms with Crippen molar-refractivity contribution in [1.29, 1.82) is 0 Å². The molecule has 0 aliphatic rings. The van der Waals surface area contributed by atoms with E-state index in [-0.39, 0.29) is 11.4 Å². The Hall–Kier alpha value is -0.410. The Morgan fingerprint density at radius 3 is 2.57 bits per heavy atom. The van der Waals surface area contributed by atoms with Gasteiger partial charge in [0.1, 0.15) is 5.82 Å². The van der Waals surface area contributed by atoms with E-state index in [1.54, 1.807) is 12.1 Å². The van der Waals surface area contributed by atoms with Crippen LogP contribution in [0.1, 0.15) is 19.4 Å². The van der Waals surface area contributed by atoms with Crippen molar-refractivity contribution in [3.05, 3.63) is 34.1 Å². The zero-order valence-corrected chi connectivity index (χ0v) is 10.3. The van der Waals surface area contributed by atoms with Gasteiger partial charge in [0, 0.05) is 5.54 Å². The van der Waals surface area contributed by atoms with Crippen LogP contribution in [0.5, 0.6) is 0 Å². The lowest BCUT2D eigenvalue weighted by Crippen LogP contribution is -2.38. The third-order valence-electron chi connectivity index (χ3n) is 2.31. The number of likely N-dealkylation sites (N-methyl/N-ethyl adjacent to an activating group) is 1. The first-order valence-electron chi connectivity index (χ1n) is 4.57. The number of benzene rings is 1. The summed E-state index contributed by atoms with van der Waals surface area (Å²) >= 11 is 3.14. The molecule has 0 aliphatic heterocycles. The van der Waals surface area contributed by atoms with Crippen LogP contribution >= 0.6 is 15.9 Å². The predicted octanol–water partition coefficient (Wildman–Crippen LogP) is 3.13. The Labute approximate surface area is 92.8 Å². The summed E-state index contributed by atoms with van der Waals surface area (Å²) in [5, 5.41) is 3.19. The number of hydrogen-bond donors (Lipinski definition) is 1. The summed E-state index contributed by atoms with van der Waals surface area (Å²) in [6, 6.07) is 5.26. The molecule has 0 spiro atoms. The van der Waals surface area contributed by atoms with Crippen molar-refractivity contribution >= 4 is 15.9 Å². The van der Waals surface area contributed by atoms with E-state index in [0.29, 0.717) is 4.47 Å². The Bertz CT molecular complexity index is 323. The fraction of sp³-hybridized carbons (Fsp3) is 0.455. The summed E-state index contributed by atoms with van der Waals surface area (Å²) in [7, 11) is 1.91. The van der Waals surface area contributed by atoms with Crippen LogP contribution in [0, 0.1) is 5.82 Å². The topological polar surface area (TPSA) is 12.0 Å². The molecule has 0 unspecified atom stereocenters. The number of hydrogen-bond acceptors (Lipinski definition) is 1. The lowest BCUT2D eigenvalue weighted by molar-refractivity contribution is 0.421. The van der Waals surface area contributed by atoms with Gasteiger partial charge in [-0.1, -0.05) is 6.07 Å². The van der Waals surface area contributed by atoms with Crippen molar-refractivity contribution < 1.29 is 4.39 Å². The SMILES string of the molecule is CNC(C)(C)Cc1ccc(Br)c(F)c1. The average Bonchev–Trinajstić information content (AvgIpc) is 2.11. The van der Waals surface area contributed by atoms with Crippen LogP contribution in [0.2, 0.25) is 0 Å². The highest BCUT2D eigenvalue weighted by molar-refractivity contribution is 9.10. The van der Waals surface area contributed by atoms with Gasteiger partial charge in [0.25, 0.3) is 0 Å². The van der Waals surface area contributed by atoms with Gasteiger partial charge >= 0.3 is 0 Å². The van der Waals surface area contributed by atoms with E-state index >= 15 is 0 Å². The Morgan fingerprint density at radius 2 is 2.07 bits per heavy atom. The van der Waals surface area contributed by atoms with Crippen LogP contribution in [0.3, 0.4) is 0 Å². The van der Waals surface area contributed by atoms with Gasteiger partial charge in [-0.25, -0.2) is 4.39 Å². The van der Waals surface area contributed by atoms with Gasteiger partial charge in [0.05, 0.1) is 4.47 Å². The lowest BCUT2D eigenvalue weighted by atomic mass is 9.95. The van der Waals surface area contributed by atoms with Gasteiger partial charge in [-0.05, 0) is 60.9 Å². The molecular formula is C11H15BrFN. The highest BCUT2D eigenvalue weighted by Crippen LogP contribution is 2.19. The van der Waals surface area contributed by atoms with E-state index in [4.69, 9.17) is 0 Å². The molecule has 3 heteroatoms. The Kier molecular flexibility index (Phi) is 3.67. The summed E-state index contributed by atoms with van der Waals surface area (Å²) in [5.41, 5.74) is 1.00. The standard InChI is InChI=1S/C11H15BrFN/c1-11(2,14-3)7-8-4-5-9(12)10(13)6-8/h4-6,14H,7H2,1-3H3. The minimum atomic E-state index is -0.200. The average molecular weight is 260 g/mol. The molecule has 0 atom stereocenters. The maximum atomic E-state index is 13.2. The van der Waals surface area contributed by atoms with Crippen molar-refractivity contribution in [2.24, 2.45) is 0 Å². The molecule has 1 aromatic carbocycles. The van der Waals surface area contributed by atoms with Gasteiger partial charge in [-0.2, -0.15) is 0 Å². The van der Waals surface area contributed by atoms with Gasteiger partial charge < -0.3 is 5.32 Å². The van der Waals surface area contributed by atoms with Crippen LogP contribution in [0.25, 0.3) is 0 Å². The Balaban J connectivity index is 2.83. The highest BCUT2D eigenvalue weighted by Gasteiger charge is 2.15. The molecule has 0 fully saturated rings. The normalized spacial score (nSPS) is 11.8. The van der Waals surface area contributed by atoms with E-state index in [9.17, 15) is 4.39 Å². The third kappa shape index (κ3) is 3.07. The van der Waals surface area contributed by atoms with Gasteiger partial charge in [-0.3, -0.25) is 0 Å². The summed E-state index contributed by atoms with van der Waals surface area (Å²) < 4.78 is 13.7. The molecule has 0 heterocycles. The fourth-order valence-electron chi connectivity index (χ4n) is 1.25. The molecule has 0 amide bonds. The fourth-order valence-corrected chi connectivity index (χ4v) is 1.49. The molecule has 0 bridgehead atoms. The summed E-state index contributed by atoms with van der Waals surface area (Å²) in [6.45, 7) is 4.18. The molecule has 78 valence electrons. The van der Waals surface area contributed by atoms with E-state index in [1.165, 1.54) is 0 Å². The summed E-state index contributed by atoms with van der Waals surface area (Å²) in [4.78, 5) is 0. The molecule has 1 aromatic rings. The molecule has 1 N–H and O–H groups in total. The van der Waals surface area contributed by atoms with Crippen molar-refractivity contribution in [2.75, 3.05) is 7.05 Å². The molecule has 1 rings (SSSR count). The molecular weight excluding hydrogens is 245 g/mol.